The normalized spacial score (nSPS) is 11.1. The molecule has 8 heteroatoms. The molecule has 0 spiro atoms. The van der Waals surface area contributed by atoms with Crippen LogP contribution in [-0.4, -0.2) is 15.7 Å². The van der Waals surface area contributed by atoms with Gasteiger partial charge in [-0.05, 0) is 60.7 Å². The zero-order valence-corrected chi connectivity index (χ0v) is 21.5. The van der Waals surface area contributed by atoms with Crippen LogP contribution in [0.25, 0.3) is 23.0 Å². The van der Waals surface area contributed by atoms with E-state index in [-0.39, 0.29) is 12.1 Å². The highest BCUT2D eigenvalue weighted by atomic mass is 35.5. The Morgan fingerprint density at radius 2 is 1.79 bits per heavy atom. The fourth-order valence-electron chi connectivity index (χ4n) is 3.90. The number of hydrogen-bond acceptors (Lipinski definition) is 5. The minimum atomic E-state index is -0.504. The van der Waals surface area contributed by atoms with Gasteiger partial charge in [0, 0.05) is 27.9 Å². The number of nitrogens with one attached hydrogen (secondary N) is 1. The summed E-state index contributed by atoms with van der Waals surface area (Å²) in [5, 5.41) is 17.9. The lowest BCUT2D eigenvalue weighted by atomic mass is 10.1. The highest BCUT2D eigenvalue weighted by Crippen LogP contribution is 2.28. The number of carbonyl (C=O) groups excluding carboxylic acids is 1. The summed E-state index contributed by atoms with van der Waals surface area (Å²) in [6, 6.07) is 30.1. The summed E-state index contributed by atoms with van der Waals surface area (Å²) in [4.78, 5) is 12.8. The van der Waals surface area contributed by atoms with Crippen LogP contribution >= 0.6 is 11.6 Å². The van der Waals surface area contributed by atoms with Gasteiger partial charge in [0.1, 0.15) is 29.8 Å². The molecule has 0 fully saturated rings. The maximum absolute atomic E-state index is 12.8. The van der Waals surface area contributed by atoms with Gasteiger partial charge in [-0.25, -0.2) is 4.68 Å². The topological polar surface area (TPSA) is 93.1 Å². The molecule has 0 atom stereocenters. The Morgan fingerprint density at radius 3 is 2.51 bits per heavy atom. The van der Waals surface area contributed by atoms with E-state index in [1.165, 1.54) is 6.26 Å². The lowest BCUT2D eigenvalue weighted by Gasteiger charge is -2.08. The first kappa shape index (κ1) is 25.6. The Bertz CT molecular complexity index is 1630. The summed E-state index contributed by atoms with van der Waals surface area (Å²) >= 11 is 6.24. The number of amides is 1. The van der Waals surface area contributed by atoms with Crippen molar-refractivity contribution in [2.75, 3.05) is 0 Å². The lowest BCUT2D eigenvalue weighted by Crippen LogP contribution is -2.23. The molecule has 1 amide bonds. The van der Waals surface area contributed by atoms with Crippen molar-refractivity contribution < 1.29 is 13.9 Å². The summed E-state index contributed by atoms with van der Waals surface area (Å²) in [7, 11) is 0. The predicted octanol–water partition coefficient (Wildman–Crippen LogP) is 6.59. The van der Waals surface area contributed by atoms with Crippen LogP contribution in [0.3, 0.4) is 0 Å². The van der Waals surface area contributed by atoms with Crippen LogP contribution in [-0.2, 0) is 17.9 Å². The van der Waals surface area contributed by atoms with Crippen molar-refractivity contribution in [2.45, 2.75) is 13.2 Å². The number of furan rings is 1. The lowest BCUT2D eigenvalue weighted by molar-refractivity contribution is -0.117. The van der Waals surface area contributed by atoms with Gasteiger partial charge in [0.15, 0.2) is 0 Å². The molecule has 2 aromatic heterocycles. The van der Waals surface area contributed by atoms with E-state index >= 15 is 0 Å². The van der Waals surface area contributed by atoms with Crippen LogP contribution in [0.4, 0.5) is 0 Å². The molecule has 2 heterocycles. The number of aromatic nitrogens is 2. The molecule has 1 N–H and O–H groups in total. The molecule has 39 heavy (non-hydrogen) atoms. The number of halogens is 1. The second-order valence-corrected chi connectivity index (χ2v) is 8.96. The first-order valence-corrected chi connectivity index (χ1v) is 12.5. The molecule has 5 rings (SSSR count). The number of hydrogen-bond donors (Lipinski definition) is 1. The van der Waals surface area contributed by atoms with Crippen molar-refractivity contribution >= 4 is 23.6 Å². The van der Waals surface area contributed by atoms with Gasteiger partial charge in [-0.1, -0.05) is 48.0 Å². The van der Waals surface area contributed by atoms with E-state index in [1.54, 1.807) is 29.1 Å². The van der Waals surface area contributed by atoms with Crippen molar-refractivity contribution in [1.82, 2.24) is 15.1 Å². The minimum absolute atomic E-state index is 0.0462. The summed E-state index contributed by atoms with van der Waals surface area (Å²) in [5.74, 6) is 0.763. The van der Waals surface area contributed by atoms with Crippen LogP contribution < -0.4 is 10.1 Å². The second kappa shape index (κ2) is 12.0. The van der Waals surface area contributed by atoms with Gasteiger partial charge in [-0.15, -0.1) is 0 Å². The number of benzene rings is 3. The fraction of sp³-hybridized carbons (Fsp3) is 0.0645. The van der Waals surface area contributed by atoms with Gasteiger partial charge in [0.25, 0.3) is 5.91 Å². The fourth-order valence-corrected chi connectivity index (χ4v) is 4.09. The van der Waals surface area contributed by atoms with E-state index in [0.717, 1.165) is 16.8 Å². The summed E-state index contributed by atoms with van der Waals surface area (Å²) < 4.78 is 12.9. The number of nitriles is 1. The molecule has 3 aromatic carbocycles. The zero-order chi connectivity index (χ0) is 27.0. The standard InChI is InChI=1S/C31H23ClN4O3/c32-29-11-5-4-7-23(29)21-39-27-14-12-22(13-15-27)30-25(20-36(35-30)26-8-2-1-3-9-26)17-24(18-33)31(37)34-19-28-10-6-16-38-28/h1-17,20H,19,21H2,(H,34,37). The third kappa shape index (κ3) is 6.27. The Labute approximate surface area is 230 Å². The van der Waals surface area contributed by atoms with E-state index in [1.807, 2.05) is 84.9 Å². The maximum Gasteiger partial charge on any atom is 0.262 e. The van der Waals surface area contributed by atoms with E-state index < -0.39 is 5.91 Å². The molecule has 192 valence electrons. The summed E-state index contributed by atoms with van der Waals surface area (Å²) in [6.45, 7) is 0.519. The van der Waals surface area contributed by atoms with E-state index in [0.29, 0.717) is 34.4 Å². The van der Waals surface area contributed by atoms with Crippen LogP contribution in [0.15, 0.2) is 113 Å². The molecular weight excluding hydrogens is 512 g/mol. The van der Waals surface area contributed by atoms with Crippen molar-refractivity contribution in [1.29, 1.82) is 5.26 Å². The molecule has 0 saturated carbocycles. The van der Waals surface area contributed by atoms with Gasteiger partial charge in [-0.3, -0.25) is 4.79 Å². The van der Waals surface area contributed by atoms with Crippen molar-refractivity contribution in [3.63, 3.8) is 0 Å². The Morgan fingerprint density at radius 1 is 1.03 bits per heavy atom. The SMILES string of the molecule is N#CC(=Cc1cn(-c2ccccc2)nc1-c1ccc(OCc2ccccc2Cl)cc1)C(=O)NCc1ccco1. The predicted molar refractivity (Wildman–Crippen MR) is 149 cm³/mol. The van der Waals surface area contributed by atoms with Gasteiger partial charge < -0.3 is 14.5 Å². The van der Waals surface area contributed by atoms with Crippen molar-refractivity contribution in [2.24, 2.45) is 0 Å². The number of ether oxygens (including phenoxy) is 1. The first-order valence-electron chi connectivity index (χ1n) is 12.1. The molecule has 7 nitrogen and oxygen atoms in total. The van der Waals surface area contributed by atoms with Gasteiger partial charge in [-0.2, -0.15) is 10.4 Å². The molecule has 0 aliphatic heterocycles. The molecule has 0 aliphatic carbocycles. The molecule has 0 aliphatic rings. The molecule has 0 saturated heterocycles. The monoisotopic (exact) mass is 534 g/mol. The van der Waals surface area contributed by atoms with Crippen molar-refractivity contribution in [3.05, 3.63) is 131 Å². The number of para-hydroxylation sites is 1. The average molecular weight is 535 g/mol. The summed E-state index contributed by atoms with van der Waals surface area (Å²) in [6.07, 6.45) is 4.87. The molecule has 5 aromatic rings. The highest BCUT2D eigenvalue weighted by Gasteiger charge is 2.16. The third-order valence-corrected chi connectivity index (χ3v) is 6.28. The Kier molecular flexibility index (Phi) is 7.87. The summed E-state index contributed by atoms with van der Waals surface area (Å²) in [5.41, 5.74) is 3.73. The highest BCUT2D eigenvalue weighted by molar-refractivity contribution is 6.31. The smallest absolute Gasteiger partial charge is 0.262 e. The van der Waals surface area contributed by atoms with Gasteiger partial charge in [0.2, 0.25) is 0 Å². The number of nitrogens with zero attached hydrogens (tertiary/aromatic N) is 3. The quantitative estimate of drug-likeness (QED) is 0.170. The van der Waals surface area contributed by atoms with E-state index in [2.05, 4.69) is 5.32 Å². The Balaban J connectivity index is 1.42. The van der Waals surface area contributed by atoms with Crippen molar-refractivity contribution in [3.8, 4) is 28.8 Å². The van der Waals surface area contributed by atoms with E-state index in [4.69, 9.17) is 25.9 Å². The van der Waals surface area contributed by atoms with Crippen LogP contribution in [0.2, 0.25) is 5.02 Å². The maximum atomic E-state index is 12.8. The first-order chi connectivity index (χ1) is 19.1. The molecular formula is C31H23ClN4O3. The molecule has 0 bridgehead atoms. The third-order valence-electron chi connectivity index (χ3n) is 5.91. The molecule has 0 unspecified atom stereocenters. The number of rotatable bonds is 9. The van der Waals surface area contributed by atoms with Crippen LogP contribution in [0.5, 0.6) is 5.75 Å². The van der Waals surface area contributed by atoms with Gasteiger partial charge in [0.05, 0.1) is 24.2 Å². The number of carbonyl (C=O) groups is 1. The Hall–Kier alpha value is -5.06. The van der Waals surface area contributed by atoms with Crippen LogP contribution in [0, 0.1) is 11.3 Å². The van der Waals surface area contributed by atoms with E-state index in [9.17, 15) is 10.1 Å². The second-order valence-electron chi connectivity index (χ2n) is 8.55. The van der Waals surface area contributed by atoms with Crippen LogP contribution in [0.1, 0.15) is 16.9 Å². The van der Waals surface area contributed by atoms with Gasteiger partial charge >= 0.3 is 0 Å². The zero-order valence-electron chi connectivity index (χ0n) is 20.8. The molecule has 0 radical (unpaired) electrons. The largest absolute Gasteiger partial charge is 0.489 e. The average Bonchev–Trinajstić information content (AvgIpc) is 3.65. The minimum Gasteiger partial charge on any atom is -0.489 e.